The molecule has 1 aliphatic rings. The van der Waals surface area contributed by atoms with Gasteiger partial charge in [-0.2, -0.15) is 4.57 Å². The van der Waals surface area contributed by atoms with Crippen molar-refractivity contribution in [3.8, 4) is 5.75 Å². The number of pyridine rings is 1. The molecule has 0 saturated carbocycles. The molecule has 0 spiro atoms. The van der Waals surface area contributed by atoms with Gasteiger partial charge in [0.15, 0.2) is 0 Å². The normalized spacial score (nSPS) is 14.3. The van der Waals surface area contributed by atoms with Crippen LogP contribution in [0.1, 0.15) is 25.1 Å². The van der Waals surface area contributed by atoms with Crippen LogP contribution in [-0.2, 0) is 6.54 Å². The molecule has 0 saturated heterocycles. The van der Waals surface area contributed by atoms with Crippen molar-refractivity contribution in [2.75, 3.05) is 18.6 Å². The highest BCUT2D eigenvalue weighted by atomic mass is 127. The van der Waals surface area contributed by atoms with Crippen molar-refractivity contribution in [2.45, 2.75) is 32.2 Å². The fourth-order valence-corrected chi connectivity index (χ4v) is 4.72. The van der Waals surface area contributed by atoms with Gasteiger partial charge in [-0.1, -0.05) is 23.4 Å². The molecule has 0 N–H and O–H groups in total. The minimum Gasteiger partial charge on any atom is -1.00 e. The Morgan fingerprint density at radius 3 is 2.64 bits per heavy atom. The van der Waals surface area contributed by atoms with E-state index in [0.717, 1.165) is 12.3 Å². The number of aromatic nitrogens is 1. The topological polar surface area (TPSA) is 16.4 Å². The van der Waals surface area contributed by atoms with E-state index in [9.17, 15) is 0 Å². The largest absolute Gasteiger partial charge is 1.00 e. The van der Waals surface area contributed by atoms with Crippen molar-refractivity contribution in [1.82, 2.24) is 0 Å². The number of nitrogens with zero attached hydrogens (tertiary/aromatic N) is 2. The molecule has 5 heteroatoms. The fraction of sp³-hybridized carbons (Fsp3) is 0.261. The number of anilines is 1. The first-order valence-electron chi connectivity index (χ1n) is 9.44. The Labute approximate surface area is 188 Å². The first-order valence-corrected chi connectivity index (χ1v) is 10.3. The van der Waals surface area contributed by atoms with Crippen molar-refractivity contribution in [3.63, 3.8) is 0 Å². The van der Waals surface area contributed by atoms with Gasteiger partial charge in [0.2, 0.25) is 11.2 Å². The van der Waals surface area contributed by atoms with E-state index in [0.29, 0.717) is 6.61 Å². The van der Waals surface area contributed by atoms with Gasteiger partial charge in [0.25, 0.3) is 0 Å². The smallest absolute Gasteiger partial charge is 0.212 e. The molecule has 4 rings (SSSR count). The van der Waals surface area contributed by atoms with Crippen molar-refractivity contribution < 1.29 is 33.3 Å². The molecular formula is C23H25IN2OS. The summed E-state index contributed by atoms with van der Waals surface area (Å²) in [5, 5.41) is 2.52. The van der Waals surface area contributed by atoms with Crippen LogP contribution in [-0.4, -0.2) is 13.7 Å². The van der Waals surface area contributed by atoms with Crippen LogP contribution in [0.25, 0.3) is 17.0 Å². The third kappa shape index (κ3) is 3.87. The number of ether oxygens (including phenoxy) is 1. The zero-order valence-corrected chi connectivity index (χ0v) is 19.7. The van der Waals surface area contributed by atoms with Crippen LogP contribution in [0.2, 0.25) is 0 Å². The molecule has 3 aromatic rings. The van der Waals surface area contributed by atoms with E-state index in [1.165, 1.54) is 37.8 Å². The maximum Gasteiger partial charge on any atom is 0.212 e. The predicted molar refractivity (Wildman–Crippen MR) is 114 cm³/mol. The molecule has 0 amide bonds. The lowest BCUT2D eigenvalue weighted by Crippen LogP contribution is -3.00. The second-order valence-corrected chi connectivity index (χ2v) is 7.83. The number of aryl methyl sites for hydroxylation is 2. The van der Waals surface area contributed by atoms with E-state index in [1.54, 1.807) is 11.8 Å². The zero-order chi connectivity index (χ0) is 19.0. The third-order valence-corrected chi connectivity index (χ3v) is 6.10. The quantitative estimate of drug-likeness (QED) is 0.401. The molecule has 0 unspecified atom stereocenters. The van der Waals surface area contributed by atoms with E-state index in [2.05, 4.69) is 78.9 Å². The highest BCUT2D eigenvalue weighted by Crippen LogP contribution is 2.47. The molecule has 3 nitrogen and oxygen atoms in total. The van der Waals surface area contributed by atoms with Gasteiger partial charge in [0.05, 0.1) is 17.3 Å². The minimum atomic E-state index is 0. The summed E-state index contributed by atoms with van der Waals surface area (Å²) in [4.78, 5) is 3.50. The van der Waals surface area contributed by atoms with Crippen molar-refractivity contribution in [1.29, 1.82) is 0 Å². The van der Waals surface area contributed by atoms with E-state index in [4.69, 9.17) is 4.74 Å². The Morgan fingerprint density at radius 1 is 1.07 bits per heavy atom. The summed E-state index contributed by atoms with van der Waals surface area (Å²) >= 11 is 1.80. The standard InChI is InChI=1S/C23H25N2OS.HI/c1-5-25-18(9-8-17-13-16(3)7-11-20(17)25)14-23-24(4)21-12-10-19(26-6-2)15-22(21)27-23;/h7-15H,5-6H2,1-4H3;1H/q+1;/p-1. The van der Waals surface area contributed by atoms with Crippen LogP contribution in [0.4, 0.5) is 5.69 Å². The molecular weight excluding hydrogens is 479 g/mol. The Hall–Kier alpha value is -1.73. The monoisotopic (exact) mass is 504 g/mol. The molecule has 2 aromatic carbocycles. The van der Waals surface area contributed by atoms with E-state index in [-0.39, 0.29) is 24.0 Å². The second kappa shape index (κ2) is 8.74. The van der Waals surface area contributed by atoms with Gasteiger partial charge >= 0.3 is 0 Å². The first-order chi connectivity index (χ1) is 13.1. The lowest BCUT2D eigenvalue weighted by Gasteiger charge is -2.13. The van der Waals surface area contributed by atoms with Gasteiger partial charge in [-0.05, 0) is 51.1 Å². The summed E-state index contributed by atoms with van der Waals surface area (Å²) in [6.45, 7) is 7.99. The first kappa shape index (κ1) is 21.0. The molecule has 1 aromatic heterocycles. The van der Waals surface area contributed by atoms with Crippen LogP contribution in [0.5, 0.6) is 5.75 Å². The third-order valence-electron chi connectivity index (χ3n) is 4.96. The van der Waals surface area contributed by atoms with Gasteiger partial charge in [-0.15, -0.1) is 0 Å². The van der Waals surface area contributed by atoms with Crippen LogP contribution >= 0.6 is 11.8 Å². The number of fused-ring (bicyclic) bond motifs is 2. The highest BCUT2D eigenvalue weighted by Gasteiger charge is 2.24. The summed E-state index contributed by atoms with van der Waals surface area (Å²) in [7, 11) is 2.13. The maximum absolute atomic E-state index is 5.66. The van der Waals surface area contributed by atoms with E-state index in [1.807, 2.05) is 13.0 Å². The van der Waals surface area contributed by atoms with Crippen LogP contribution in [0.3, 0.4) is 0 Å². The molecule has 0 atom stereocenters. The van der Waals surface area contributed by atoms with Crippen molar-refractivity contribution >= 4 is 34.4 Å². The Morgan fingerprint density at radius 2 is 1.89 bits per heavy atom. The Balaban J connectivity index is 0.00000225. The molecule has 1 aliphatic heterocycles. The summed E-state index contributed by atoms with van der Waals surface area (Å²) < 4.78 is 8.04. The summed E-state index contributed by atoms with van der Waals surface area (Å²) in [6.07, 6.45) is 2.29. The number of rotatable bonds is 4. The SMILES string of the molecule is CCOc1ccc2c(c1)S/C(=C/c1ccc3cc(C)ccc3[n+]1CC)N2C.[I-]. The molecule has 0 aliphatic carbocycles. The minimum absolute atomic E-state index is 0. The Kier molecular flexibility index (Phi) is 6.55. The van der Waals surface area contributed by atoms with Crippen LogP contribution < -0.4 is 38.2 Å². The summed E-state index contributed by atoms with van der Waals surface area (Å²) in [5.41, 5.74) is 5.03. The maximum atomic E-state index is 5.66. The van der Waals surface area contributed by atoms with Gasteiger partial charge in [-0.25, -0.2) is 0 Å². The lowest BCUT2D eigenvalue weighted by atomic mass is 10.1. The zero-order valence-electron chi connectivity index (χ0n) is 16.7. The molecule has 2 heterocycles. The Bertz CT molecular complexity index is 1050. The van der Waals surface area contributed by atoms with Gasteiger partial charge in [0.1, 0.15) is 12.3 Å². The number of hydrogen-bond acceptors (Lipinski definition) is 3. The highest BCUT2D eigenvalue weighted by molar-refractivity contribution is 8.03. The lowest BCUT2D eigenvalue weighted by molar-refractivity contribution is -0.669. The van der Waals surface area contributed by atoms with Crippen molar-refractivity contribution in [2.24, 2.45) is 0 Å². The molecule has 0 bridgehead atoms. The number of benzene rings is 2. The van der Waals surface area contributed by atoms with Gasteiger partial charge in [-0.3, -0.25) is 0 Å². The van der Waals surface area contributed by atoms with Crippen LogP contribution in [0, 0.1) is 6.92 Å². The van der Waals surface area contributed by atoms with Gasteiger partial charge in [0, 0.05) is 35.5 Å². The van der Waals surface area contributed by atoms with Crippen LogP contribution in [0.15, 0.2) is 58.5 Å². The molecule has 0 fully saturated rings. The summed E-state index contributed by atoms with van der Waals surface area (Å²) in [6, 6.07) is 17.4. The second-order valence-electron chi connectivity index (χ2n) is 6.77. The van der Waals surface area contributed by atoms with E-state index >= 15 is 0 Å². The average Bonchev–Trinajstić information content (AvgIpc) is 2.97. The number of halogens is 1. The van der Waals surface area contributed by atoms with Gasteiger partial charge < -0.3 is 33.6 Å². The van der Waals surface area contributed by atoms with E-state index < -0.39 is 0 Å². The molecule has 28 heavy (non-hydrogen) atoms. The molecule has 0 radical (unpaired) electrons. The van der Waals surface area contributed by atoms with Crippen molar-refractivity contribution in [3.05, 3.63) is 64.8 Å². The predicted octanol–water partition coefficient (Wildman–Crippen LogP) is 2.40. The number of thioether (sulfide) groups is 1. The summed E-state index contributed by atoms with van der Waals surface area (Å²) in [5.74, 6) is 0.933. The number of hydrogen-bond donors (Lipinski definition) is 0. The molecule has 146 valence electrons. The fourth-order valence-electron chi connectivity index (χ4n) is 3.60. The average molecular weight is 504 g/mol.